The van der Waals surface area contributed by atoms with Crippen molar-refractivity contribution in [2.45, 2.75) is 45.3 Å². The molecule has 9 nitrogen and oxygen atoms in total. The van der Waals surface area contributed by atoms with Gasteiger partial charge in [-0.2, -0.15) is 5.10 Å². The maximum Gasteiger partial charge on any atom is 0.178 e. The molecule has 0 amide bonds. The van der Waals surface area contributed by atoms with Gasteiger partial charge in [0.2, 0.25) is 0 Å². The number of aromatic hydroxyl groups is 1. The topological polar surface area (TPSA) is 114 Å². The molecule has 0 unspecified atom stereocenters. The standard InChI is InChI=1S/C29H34BrN3O6/c1-16-28(30)17(2)33(31-16)14-18-7-6-8-19(11-18)21(34)12-22(35)27-25(39-5)13-24(38-4)26(29(27)37)20-9-10-32(3)15-23(20)36/h6-8,11,13,20,23,36-37H,9-10,12,14-15H2,1-5H3/t20-,23+/m0/s1. The quantitative estimate of drug-likeness (QED) is 0.277. The van der Waals surface area contributed by atoms with Crippen LogP contribution in [0.5, 0.6) is 17.2 Å². The summed E-state index contributed by atoms with van der Waals surface area (Å²) in [5.41, 5.74) is 3.39. The number of methoxy groups -OCH3 is 2. The number of β-amino-alcohol motifs (C(OH)–C–C–N with tert-alkyl or cyclic N) is 1. The summed E-state index contributed by atoms with van der Waals surface area (Å²) >= 11 is 3.53. The van der Waals surface area contributed by atoms with Crippen molar-refractivity contribution in [2.75, 3.05) is 34.4 Å². The summed E-state index contributed by atoms with van der Waals surface area (Å²) in [7, 11) is 4.76. The number of ether oxygens (including phenoxy) is 2. The van der Waals surface area contributed by atoms with Crippen molar-refractivity contribution in [3.05, 3.63) is 68.4 Å². The monoisotopic (exact) mass is 599 g/mol. The van der Waals surface area contributed by atoms with Gasteiger partial charge in [-0.3, -0.25) is 14.3 Å². The Morgan fingerprint density at radius 1 is 1.13 bits per heavy atom. The Bertz CT molecular complexity index is 1400. The Kier molecular flexibility index (Phi) is 8.78. The number of likely N-dealkylation sites (N-methyl/N-ethyl adjacent to an activating group) is 1. The summed E-state index contributed by atoms with van der Waals surface area (Å²) in [6.07, 6.45) is -0.647. The normalized spacial score (nSPS) is 17.7. The third-order valence-corrected chi connectivity index (χ3v) is 8.48. The van der Waals surface area contributed by atoms with Crippen LogP contribution in [0.2, 0.25) is 0 Å². The molecule has 0 saturated carbocycles. The van der Waals surface area contributed by atoms with E-state index in [9.17, 15) is 19.8 Å². The lowest BCUT2D eigenvalue weighted by Crippen LogP contribution is -2.40. The molecule has 208 valence electrons. The molecule has 1 fully saturated rings. The Labute approximate surface area is 236 Å². The molecule has 2 heterocycles. The molecular weight excluding hydrogens is 566 g/mol. The number of aliphatic hydroxyl groups is 1. The number of benzene rings is 2. The van der Waals surface area contributed by atoms with Gasteiger partial charge in [-0.25, -0.2) is 0 Å². The Morgan fingerprint density at radius 3 is 2.46 bits per heavy atom. The van der Waals surface area contributed by atoms with Gasteiger partial charge in [0.25, 0.3) is 0 Å². The van der Waals surface area contributed by atoms with Crippen LogP contribution in [0.4, 0.5) is 0 Å². The van der Waals surface area contributed by atoms with Crippen molar-refractivity contribution in [3.8, 4) is 17.2 Å². The number of likely N-dealkylation sites (tertiary alicyclic amines) is 1. The van der Waals surface area contributed by atoms with Crippen molar-refractivity contribution < 1.29 is 29.3 Å². The van der Waals surface area contributed by atoms with E-state index in [2.05, 4.69) is 21.0 Å². The highest BCUT2D eigenvalue weighted by molar-refractivity contribution is 9.10. The number of phenolic OH excluding ortho intramolecular Hbond substituents is 1. The molecule has 10 heteroatoms. The second-order valence-electron chi connectivity index (χ2n) is 10.0. The molecule has 0 spiro atoms. The Morgan fingerprint density at radius 2 is 1.85 bits per heavy atom. The van der Waals surface area contributed by atoms with E-state index in [1.54, 1.807) is 18.2 Å². The third kappa shape index (κ3) is 5.88. The number of hydrogen-bond acceptors (Lipinski definition) is 8. The molecule has 1 saturated heterocycles. The number of aromatic nitrogens is 2. The number of hydrogen-bond donors (Lipinski definition) is 2. The number of carbonyl (C=O) groups is 2. The first kappa shape index (κ1) is 28.8. The number of rotatable bonds is 9. The molecule has 39 heavy (non-hydrogen) atoms. The number of aryl methyl sites for hydroxylation is 1. The van der Waals surface area contributed by atoms with Crippen LogP contribution in [0, 0.1) is 13.8 Å². The molecule has 3 aromatic rings. The minimum absolute atomic E-state index is 0.0866. The number of aliphatic hydroxyl groups excluding tert-OH is 1. The molecule has 1 aromatic heterocycles. The number of halogens is 1. The van der Waals surface area contributed by atoms with Gasteiger partial charge in [-0.15, -0.1) is 0 Å². The molecule has 0 bridgehead atoms. The summed E-state index contributed by atoms with van der Waals surface area (Å²) in [5, 5.41) is 26.6. The zero-order valence-electron chi connectivity index (χ0n) is 22.8. The van der Waals surface area contributed by atoms with Crippen molar-refractivity contribution in [1.82, 2.24) is 14.7 Å². The first-order valence-electron chi connectivity index (χ1n) is 12.7. The van der Waals surface area contributed by atoms with Crippen molar-refractivity contribution in [1.29, 1.82) is 0 Å². The Balaban J connectivity index is 1.61. The largest absolute Gasteiger partial charge is 0.507 e. The van der Waals surface area contributed by atoms with E-state index in [1.165, 1.54) is 20.3 Å². The number of phenols is 1. The van der Waals surface area contributed by atoms with E-state index in [-0.39, 0.29) is 22.8 Å². The van der Waals surface area contributed by atoms with E-state index in [0.29, 0.717) is 42.9 Å². The highest BCUT2D eigenvalue weighted by Crippen LogP contribution is 2.46. The molecule has 2 N–H and O–H groups in total. The summed E-state index contributed by atoms with van der Waals surface area (Å²) in [4.78, 5) is 28.7. The van der Waals surface area contributed by atoms with E-state index in [4.69, 9.17) is 9.47 Å². The smallest absolute Gasteiger partial charge is 0.178 e. The van der Waals surface area contributed by atoms with Gasteiger partial charge in [0, 0.05) is 29.7 Å². The van der Waals surface area contributed by atoms with Crippen molar-refractivity contribution >= 4 is 27.5 Å². The van der Waals surface area contributed by atoms with Gasteiger partial charge in [-0.05, 0) is 61.4 Å². The fourth-order valence-electron chi connectivity index (χ4n) is 5.20. The minimum Gasteiger partial charge on any atom is -0.507 e. The van der Waals surface area contributed by atoms with Gasteiger partial charge in [0.15, 0.2) is 11.6 Å². The van der Waals surface area contributed by atoms with E-state index in [0.717, 1.165) is 21.4 Å². The van der Waals surface area contributed by atoms with Crippen LogP contribution >= 0.6 is 15.9 Å². The van der Waals surface area contributed by atoms with E-state index >= 15 is 0 Å². The van der Waals surface area contributed by atoms with Crippen LogP contribution in [-0.2, 0) is 6.54 Å². The van der Waals surface area contributed by atoms with Crippen LogP contribution in [0.25, 0.3) is 0 Å². The molecule has 2 atom stereocenters. The number of carbonyl (C=O) groups excluding carboxylic acids is 2. The van der Waals surface area contributed by atoms with Crippen molar-refractivity contribution in [3.63, 3.8) is 0 Å². The number of piperidine rings is 1. The van der Waals surface area contributed by atoms with Gasteiger partial charge in [-0.1, -0.05) is 18.2 Å². The fraction of sp³-hybridized carbons (Fsp3) is 0.414. The first-order valence-corrected chi connectivity index (χ1v) is 13.5. The average Bonchev–Trinajstić information content (AvgIpc) is 3.14. The molecular formula is C29H34BrN3O6. The molecule has 1 aliphatic heterocycles. The minimum atomic E-state index is -0.757. The highest BCUT2D eigenvalue weighted by atomic mass is 79.9. The lowest BCUT2D eigenvalue weighted by atomic mass is 9.84. The van der Waals surface area contributed by atoms with Gasteiger partial charge in [0.1, 0.15) is 22.8 Å². The number of Topliss-reactive ketones (excluding diaryl/α,β-unsaturated/α-hetero) is 2. The first-order chi connectivity index (χ1) is 18.5. The fourth-order valence-corrected chi connectivity index (χ4v) is 5.49. The van der Waals surface area contributed by atoms with Gasteiger partial charge >= 0.3 is 0 Å². The highest BCUT2D eigenvalue weighted by Gasteiger charge is 2.35. The Hall–Kier alpha value is -3.21. The summed E-state index contributed by atoms with van der Waals surface area (Å²) < 4.78 is 13.7. The lowest BCUT2D eigenvalue weighted by Gasteiger charge is -2.35. The predicted octanol–water partition coefficient (Wildman–Crippen LogP) is 4.27. The zero-order chi connectivity index (χ0) is 28.4. The molecule has 0 aliphatic carbocycles. The SMILES string of the molecule is COc1cc(OC)c([C@H]2CCN(C)C[C@H]2O)c(O)c1C(=O)CC(=O)c1cccc(Cn2nc(C)c(Br)c2C)c1. The third-order valence-electron chi connectivity index (χ3n) is 7.34. The second kappa shape index (κ2) is 11.9. The van der Waals surface area contributed by atoms with E-state index in [1.807, 2.05) is 36.5 Å². The average molecular weight is 601 g/mol. The maximum atomic E-state index is 13.5. The predicted molar refractivity (Wildman–Crippen MR) is 150 cm³/mol. The summed E-state index contributed by atoms with van der Waals surface area (Å²) in [5.74, 6) is -1.28. The molecule has 4 rings (SSSR count). The summed E-state index contributed by atoms with van der Waals surface area (Å²) in [6, 6.07) is 8.64. The lowest BCUT2D eigenvalue weighted by molar-refractivity contribution is 0.0618. The zero-order valence-corrected chi connectivity index (χ0v) is 24.4. The van der Waals surface area contributed by atoms with Gasteiger partial charge < -0.3 is 24.6 Å². The van der Waals surface area contributed by atoms with Crippen LogP contribution in [0.3, 0.4) is 0 Å². The number of nitrogens with zero attached hydrogens (tertiary/aromatic N) is 3. The maximum absolute atomic E-state index is 13.5. The van der Waals surface area contributed by atoms with Gasteiger partial charge in [0.05, 0.1) is 49.1 Å². The number of ketones is 2. The summed E-state index contributed by atoms with van der Waals surface area (Å²) in [6.45, 7) is 5.49. The molecule has 0 radical (unpaired) electrons. The second-order valence-corrected chi connectivity index (χ2v) is 10.8. The van der Waals surface area contributed by atoms with Crippen LogP contribution in [-0.4, -0.2) is 76.9 Å². The van der Waals surface area contributed by atoms with Crippen LogP contribution in [0.1, 0.15) is 62.0 Å². The van der Waals surface area contributed by atoms with E-state index < -0.39 is 24.2 Å². The molecule has 1 aliphatic rings. The van der Waals surface area contributed by atoms with Crippen molar-refractivity contribution in [2.24, 2.45) is 0 Å². The van der Waals surface area contributed by atoms with Crippen LogP contribution in [0.15, 0.2) is 34.8 Å². The van der Waals surface area contributed by atoms with Crippen LogP contribution < -0.4 is 9.47 Å². The molecule has 2 aromatic carbocycles.